The van der Waals surface area contributed by atoms with Gasteiger partial charge in [-0.3, -0.25) is 5.43 Å². The lowest BCUT2D eigenvalue weighted by Gasteiger charge is -2.11. The van der Waals surface area contributed by atoms with E-state index in [2.05, 4.69) is 15.5 Å². The minimum Gasteiger partial charge on any atom is -0.493 e. The lowest BCUT2D eigenvalue weighted by atomic mass is 10.2. The maximum atomic E-state index is 12.6. The Kier molecular flexibility index (Phi) is 6.68. The Morgan fingerprint density at radius 3 is 2.34 bits per heavy atom. The monoisotopic (exact) mass is 465 g/mol. The van der Waals surface area contributed by atoms with E-state index in [4.69, 9.17) is 8.92 Å². The van der Waals surface area contributed by atoms with Crippen molar-refractivity contribution in [3.05, 3.63) is 77.5 Å². The first-order chi connectivity index (χ1) is 15.1. The van der Waals surface area contributed by atoms with Crippen LogP contribution in [0.4, 0.5) is 19.0 Å². The maximum Gasteiger partial charge on any atom is 0.417 e. The molecule has 0 atom stereocenters. The Hall–Kier alpha value is -3.60. The van der Waals surface area contributed by atoms with Crippen molar-refractivity contribution >= 4 is 22.2 Å². The highest BCUT2D eigenvalue weighted by atomic mass is 32.2. The summed E-state index contributed by atoms with van der Waals surface area (Å²) in [7, 11) is -2.70. The van der Waals surface area contributed by atoms with Crippen LogP contribution in [0.25, 0.3) is 0 Å². The van der Waals surface area contributed by atoms with Gasteiger partial charge in [-0.15, -0.1) is 0 Å². The molecule has 0 spiro atoms. The van der Waals surface area contributed by atoms with Crippen molar-refractivity contribution < 1.29 is 30.5 Å². The van der Waals surface area contributed by atoms with Crippen molar-refractivity contribution in [3.8, 4) is 11.5 Å². The zero-order valence-corrected chi connectivity index (χ0v) is 17.7. The SMILES string of the molecule is COc1cc(/C=N/Nc2ccc(C(F)(F)F)cn2)ccc1OS(=O)(=O)c1ccc(C)cc1. The molecule has 0 radical (unpaired) electrons. The first-order valence-electron chi connectivity index (χ1n) is 9.10. The highest BCUT2D eigenvalue weighted by Gasteiger charge is 2.30. The standard InChI is InChI=1S/C21H18F3N3O4S/c1-14-3-7-17(8-4-14)32(28,29)31-18-9-5-15(11-19(18)30-2)12-26-27-20-10-6-16(13-25-20)21(22,23)24/h3-13H,1-2H3,(H,25,27)/b26-12+. The van der Waals surface area contributed by atoms with Gasteiger partial charge in [0.15, 0.2) is 11.5 Å². The molecule has 0 bridgehead atoms. The van der Waals surface area contributed by atoms with Gasteiger partial charge in [0, 0.05) is 6.20 Å². The molecule has 1 heterocycles. The van der Waals surface area contributed by atoms with E-state index in [1.165, 1.54) is 43.7 Å². The molecule has 0 fully saturated rings. The van der Waals surface area contributed by atoms with Crippen LogP contribution in [0.5, 0.6) is 11.5 Å². The molecule has 1 N–H and O–H groups in total. The second-order valence-electron chi connectivity index (χ2n) is 6.56. The van der Waals surface area contributed by atoms with Gasteiger partial charge >= 0.3 is 16.3 Å². The third-order valence-electron chi connectivity index (χ3n) is 4.18. The van der Waals surface area contributed by atoms with Crippen molar-refractivity contribution in [3.63, 3.8) is 0 Å². The zero-order valence-electron chi connectivity index (χ0n) is 16.9. The minimum absolute atomic E-state index is 0.00373. The summed E-state index contributed by atoms with van der Waals surface area (Å²) < 4.78 is 73.1. The van der Waals surface area contributed by atoms with Crippen LogP contribution in [0.2, 0.25) is 0 Å². The van der Waals surface area contributed by atoms with Gasteiger partial charge in [0.2, 0.25) is 0 Å². The fourth-order valence-electron chi connectivity index (χ4n) is 2.51. The van der Waals surface area contributed by atoms with Gasteiger partial charge in [-0.25, -0.2) is 4.98 Å². The van der Waals surface area contributed by atoms with Crippen molar-refractivity contribution in [2.75, 3.05) is 12.5 Å². The Labute approximate surface area is 182 Å². The van der Waals surface area contributed by atoms with Crippen LogP contribution in [0.15, 0.2) is 70.8 Å². The average Bonchev–Trinajstić information content (AvgIpc) is 2.74. The lowest BCUT2D eigenvalue weighted by molar-refractivity contribution is -0.137. The second-order valence-corrected chi connectivity index (χ2v) is 8.11. The Balaban J connectivity index is 1.71. The Bertz CT molecular complexity index is 1210. The molecule has 1 aromatic heterocycles. The first kappa shape index (κ1) is 23.1. The molecule has 32 heavy (non-hydrogen) atoms. The number of methoxy groups -OCH3 is 1. The van der Waals surface area contributed by atoms with Gasteiger partial charge in [0.1, 0.15) is 10.7 Å². The number of hydrogen-bond donors (Lipinski definition) is 1. The number of anilines is 1. The summed E-state index contributed by atoms with van der Waals surface area (Å²) in [5.41, 5.74) is 3.07. The van der Waals surface area contributed by atoms with Gasteiger partial charge in [0.25, 0.3) is 0 Å². The van der Waals surface area contributed by atoms with Crippen LogP contribution in [0.1, 0.15) is 16.7 Å². The molecule has 0 unspecified atom stereocenters. The molecule has 0 aliphatic carbocycles. The minimum atomic E-state index is -4.47. The second kappa shape index (κ2) is 9.27. The molecule has 0 saturated carbocycles. The van der Waals surface area contributed by atoms with E-state index in [-0.39, 0.29) is 22.2 Å². The maximum absolute atomic E-state index is 12.6. The number of nitrogens with one attached hydrogen (secondary N) is 1. The number of rotatable bonds is 7. The summed E-state index contributed by atoms with van der Waals surface area (Å²) in [5, 5.41) is 3.91. The number of aryl methyl sites for hydroxylation is 1. The fraction of sp³-hybridized carbons (Fsp3) is 0.143. The van der Waals surface area contributed by atoms with Crippen LogP contribution < -0.4 is 14.3 Å². The van der Waals surface area contributed by atoms with E-state index in [0.717, 1.165) is 17.7 Å². The molecule has 7 nitrogen and oxygen atoms in total. The molecule has 0 amide bonds. The van der Waals surface area contributed by atoms with Crippen molar-refractivity contribution in [1.29, 1.82) is 0 Å². The molecule has 2 aromatic carbocycles. The smallest absolute Gasteiger partial charge is 0.417 e. The molecule has 0 aliphatic heterocycles. The van der Waals surface area contributed by atoms with E-state index < -0.39 is 21.9 Å². The summed E-state index contributed by atoms with van der Waals surface area (Å²) in [6.45, 7) is 1.84. The number of hydrazone groups is 1. The zero-order chi connectivity index (χ0) is 23.4. The summed E-state index contributed by atoms with van der Waals surface area (Å²) >= 11 is 0. The van der Waals surface area contributed by atoms with Crippen molar-refractivity contribution in [1.82, 2.24) is 4.98 Å². The number of ether oxygens (including phenoxy) is 1. The Morgan fingerprint density at radius 1 is 1.03 bits per heavy atom. The summed E-state index contributed by atoms with van der Waals surface area (Å²) in [4.78, 5) is 3.65. The number of aromatic nitrogens is 1. The van der Waals surface area contributed by atoms with E-state index in [1.807, 2.05) is 6.92 Å². The topological polar surface area (TPSA) is 89.9 Å². The van der Waals surface area contributed by atoms with Gasteiger partial charge < -0.3 is 8.92 Å². The van der Waals surface area contributed by atoms with E-state index in [0.29, 0.717) is 11.8 Å². The van der Waals surface area contributed by atoms with Gasteiger partial charge in [-0.1, -0.05) is 17.7 Å². The number of benzene rings is 2. The molecule has 3 aromatic rings. The molecular weight excluding hydrogens is 447 g/mol. The highest BCUT2D eigenvalue weighted by Crippen LogP contribution is 2.31. The molecule has 168 valence electrons. The van der Waals surface area contributed by atoms with Crippen molar-refractivity contribution in [2.45, 2.75) is 18.0 Å². The molecule has 0 aliphatic rings. The predicted octanol–water partition coefficient (Wildman–Crippen LogP) is 4.63. The summed E-state index contributed by atoms with van der Waals surface area (Å²) in [6, 6.07) is 12.7. The largest absolute Gasteiger partial charge is 0.493 e. The number of hydrogen-bond acceptors (Lipinski definition) is 7. The van der Waals surface area contributed by atoms with Gasteiger partial charge in [0.05, 0.1) is 18.9 Å². The normalized spacial score (nSPS) is 12.0. The van der Waals surface area contributed by atoms with Crippen molar-refractivity contribution in [2.24, 2.45) is 5.10 Å². The van der Waals surface area contributed by atoms with Crippen LogP contribution in [-0.4, -0.2) is 26.7 Å². The van der Waals surface area contributed by atoms with E-state index in [1.54, 1.807) is 12.1 Å². The van der Waals surface area contributed by atoms with Crippen LogP contribution >= 0.6 is 0 Å². The number of halogens is 3. The number of pyridine rings is 1. The highest BCUT2D eigenvalue weighted by molar-refractivity contribution is 7.87. The molecule has 11 heteroatoms. The first-order valence-corrected chi connectivity index (χ1v) is 10.5. The predicted molar refractivity (Wildman–Crippen MR) is 112 cm³/mol. The third-order valence-corrected chi connectivity index (χ3v) is 5.43. The van der Waals surface area contributed by atoms with Crippen LogP contribution in [-0.2, 0) is 16.3 Å². The summed E-state index contributed by atoms with van der Waals surface area (Å²) in [5.74, 6) is 0.255. The fourth-order valence-corrected chi connectivity index (χ4v) is 3.44. The quantitative estimate of drug-likeness (QED) is 0.311. The van der Waals surface area contributed by atoms with E-state index >= 15 is 0 Å². The molecular formula is C21H18F3N3O4S. The lowest BCUT2D eigenvalue weighted by Crippen LogP contribution is -2.10. The van der Waals surface area contributed by atoms with E-state index in [9.17, 15) is 21.6 Å². The Morgan fingerprint density at radius 2 is 1.75 bits per heavy atom. The number of nitrogens with zero attached hydrogens (tertiary/aromatic N) is 2. The van der Waals surface area contributed by atoms with Crippen LogP contribution in [0.3, 0.4) is 0 Å². The van der Waals surface area contributed by atoms with Gasteiger partial charge in [-0.2, -0.15) is 26.7 Å². The molecule has 0 saturated heterocycles. The number of alkyl halides is 3. The van der Waals surface area contributed by atoms with Crippen LogP contribution in [0, 0.1) is 6.92 Å². The third kappa shape index (κ3) is 5.76. The summed E-state index contributed by atoms with van der Waals surface area (Å²) in [6.07, 6.45) is -2.41. The average molecular weight is 465 g/mol. The van der Waals surface area contributed by atoms with Gasteiger partial charge in [-0.05, 0) is 55.0 Å². The molecule has 3 rings (SSSR count).